The van der Waals surface area contributed by atoms with E-state index >= 15 is 0 Å². The SMILES string of the molecule is CCOC(=O)CN(C(=O)[C@H](N)CCSC)C(C)C. The van der Waals surface area contributed by atoms with Crippen molar-refractivity contribution in [3.63, 3.8) is 0 Å². The molecule has 0 rings (SSSR count). The van der Waals surface area contributed by atoms with Crippen LogP contribution in [0.1, 0.15) is 27.2 Å². The third-order valence-corrected chi connectivity index (χ3v) is 3.11. The van der Waals surface area contributed by atoms with Crippen LogP contribution in [0, 0.1) is 0 Å². The molecular formula is C12H24N2O3S. The van der Waals surface area contributed by atoms with Crippen LogP contribution in [-0.2, 0) is 14.3 Å². The first kappa shape index (κ1) is 17.2. The molecule has 0 radical (unpaired) electrons. The predicted molar refractivity (Wildman–Crippen MR) is 74.5 cm³/mol. The Morgan fingerprint density at radius 1 is 1.39 bits per heavy atom. The number of nitrogens with zero attached hydrogens (tertiary/aromatic N) is 1. The third-order valence-electron chi connectivity index (χ3n) is 2.46. The van der Waals surface area contributed by atoms with Crippen LogP contribution in [0.5, 0.6) is 0 Å². The summed E-state index contributed by atoms with van der Waals surface area (Å²) in [6.07, 6.45) is 2.59. The molecule has 0 aromatic heterocycles. The molecule has 1 atom stereocenters. The van der Waals surface area contributed by atoms with Gasteiger partial charge in [0.25, 0.3) is 0 Å². The van der Waals surface area contributed by atoms with Crippen molar-refractivity contribution in [2.75, 3.05) is 25.2 Å². The zero-order valence-corrected chi connectivity index (χ0v) is 12.5. The van der Waals surface area contributed by atoms with Crippen LogP contribution in [-0.4, -0.2) is 54.0 Å². The summed E-state index contributed by atoms with van der Waals surface area (Å²) in [6, 6.07) is -0.614. The predicted octanol–water partition coefficient (Wildman–Crippen LogP) is 0.867. The van der Waals surface area contributed by atoms with Crippen LogP contribution in [0.4, 0.5) is 0 Å². The lowest BCUT2D eigenvalue weighted by Crippen LogP contribution is -2.49. The Balaban J connectivity index is 4.48. The minimum absolute atomic E-state index is 0.0304. The highest BCUT2D eigenvalue weighted by molar-refractivity contribution is 7.98. The topological polar surface area (TPSA) is 72.6 Å². The Kier molecular flexibility index (Phi) is 8.83. The van der Waals surface area contributed by atoms with Gasteiger partial charge in [0.1, 0.15) is 6.54 Å². The van der Waals surface area contributed by atoms with Crippen LogP contribution < -0.4 is 5.73 Å². The smallest absolute Gasteiger partial charge is 0.325 e. The van der Waals surface area contributed by atoms with Crippen molar-refractivity contribution >= 4 is 23.6 Å². The van der Waals surface area contributed by atoms with E-state index in [1.165, 1.54) is 4.90 Å². The summed E-state index contributed by atoms with van der Waals surface area (Å²) >= 11 is 1.65. The molecule has 0 aromatic rings. The van der Waals surface area contributed by atoms with Gasteiger partial charge in [-0.05, 0) is 39.2 Å². The van der Waals surface area contributed by atoms with Crippen molar-refractivity contribution < 1.29 is 14.3 Å². The van der Waals surface area contributed by atoms with Gasteiger partial charge in [0.2, 0.25) is 5.91 Å². The normalized spacial score (nSPS) is 12.3. The molecule has 2 N–H and O–H groups in total. The van der Waals surface area contributed by atoms with Gasteiger partial charge in [0.05, 0.1) is 12.6 Å². The van der Waals surface area contributed by atoms with Crippen molar-refractivity contribution in [2.24, 2.45) is 5.73 Å². The number of hydrogen-bond donors (Lipinski definition) is 1. The molecule has 0 saturated carbocycles. The maximum absolute atomic E-state index is 12.1. The second-order valence-corrected chi connectivity index (χ2v) is 5.24. The van der Waals surface area contributed by atoms with Gasteiger partial charge >= 0.3 is 5.97 Å². The molecule has 106 valence electrons. The first-order valence-electron chi connectivity index (χ1n) is 6.14. The number of carbonyl (C=O) groups excluding carboxylic acids is 2. The first-order valence-corrected chi connectivity index (χ1v) is 7.54. The molecule has 0 heterocycles. The van der Waals surface area contributed by atoms with Crippen LogP contribution in [0.3, 0.4) is 0 Å². The number of esters is 1. The van der Waals surface area contributed by atoms with Crippen LogP contribution in [0.25, 0.3) is 0 Å². The number of carbonyl (C=O) groups is 2. The lowest BCUT2D eigenvalue weighted by atomic mass is 10.2. The van der Waals surface area contributed by atoms with Gasteiger partial charge in [0.15, 0.2) is 0 Å². The van der Waals surface area contributed by atoms with Crippen molar-refractivity contribution in [1.82, 2.24) is 4.90 Å². The molecule has 1 amide bonds. The fourth-order valence-corrected chi connectivity index (χ4v) is 1.93. The second kappa shape index (κ2) is 9.22. The average Bonchev–Trinajstić information content (AvgIpc) is 2.32. The molecular weight excluding hydrogens is 252 g/mol. The molecule has 0 aromatic carbocycles. The lowest BCUT2D eigenvalue weighted by molar-refractivity contribution is -0.150. The quantitative estimate of drug-likeness (QED) is 0.666. The van der Waals surface area contributed by atoms with Gasteiger partial charge in [-0.25, -0.2) is 0 Å². The maximum atomic E-state index is 12.1. The average molecular weight is 276 g/mol. The van der Waals surface area contributed by atoms with Crippen LogP contribution in [0.15, 0.2) is 0 Å². The molecule has 0 saturated heterocycles. The van der Waals surface area contributed by atoms with Crippen LogP contribution >= 0.6 is 11.8 Å². The second-order valence-electron chi connectivity index (χ2n) is 4.25. The summed E-state index contributed by atoms with van der Waals surface area (Å²) in [5.41, 5.74) is 5.84. The summed E-state index contributed by atoms with van der Waals surface area (Å²) in [5.74, 6) is 0.252. The molecule has 0 aliphatic carbocycles. The van der Waals surface area contributed by atoms with Crippen LogP contribution in [0.2, 0.25) is 0 Å². The molecule has 0 aliphatic rings. The first-order chi connectivity index (χ1) is 8.43. The van der Waals surface area contributed by atoms with E-state index in [4.69, 9.17) is 10.5 Å². The van der Waals surface area contributed by atoms with E-state index in [1.807, 2.05) is 20.1 Å². The van der Waals surface area contributed by atoms with Crippen molar-refractivity contribution in [3.8, 4) is 0 Å². The summed E-state index contributed by atoms with van der Waals surface area (Å²) in [4.78, 5) is 25.0. The minimum atomic E-state index is -0.547. The number of amides is 1. The van der Waals surface area contributed by atoms with E-state index in [2.05, 4.69) is 0 Å². The molecule has 5 nitrogen and oxygen atoms in total. The molecule has 0 fully saturated rings. The summed E-state index contributed by atoms with van der Waals surface area (Å²) in [7, 11) is 0. The van der Waals surface area contributed by atoms with Gasteiger partial charge < -0.3 is 15.4 Å². The number of ether oxygens (including phenoxy) is 1. The largest absolute Gasteiger partial charge is 0.465 e. The highest BCUT2D eigenvalue weighted by Crippen LogP contribution is 2.06. The summed E-state index contributed by atoms with van der Waals surface area (Å²) in [6.45, 7) is 5.75. The Hall–Kier alpha value is -0.750. The molecule has 0 aliphatic heterocycles. The van der Waals surface area contributed by atoms with Gasteiger partial charge in [-0.1, -0.05) is 0 Å². The van der Waals surface area contributed by atoms with E-state index in [-0.39, 0.29) is 18.5 Å². The summed E-state index contributed by atoms with van der Waals surface area (Å²) < 4.78 is 4.86. The van der Waals surface area contributed by atoms with E-state index in [0.717, 1.165) is 5.75 Å². The molecule has 0 unspecified atom stereocenters. The maximum Gasteiger partial charge on any atom is 0.325 e. The Morgan fingerprint density at radius 2 is 2.00 bits per heavy atom. The van der Waals surface area contributed by atoms with E-state index in [9.17, 15) is 9.59 Å². The van der Waals surface area contributed by atoms with E-state index < -0.39 is 12.0 Å². The monoisotopic (exact) mass is 276 g/mol. The Labute approximate surface area is 113 Å². The van der Waals surface area contributed by atoms with Gasteiger partial charge in [0, 0.05) is 6.04 Å². The number of hydrogen-bond acceptors (Lipinski definition) is 5. The highest BCUT2D eigenvalue weighted by Gasteiger charge is 2.25. The number of thioether (sulfide) groups is 1. The Morgan fingerprint density at radius 3 is 2.44 bits per heavy atom. The highest BCUT2D eigenvalue weighted by atomic mass is 32.2. The van der Waals surface area contributed by atoms with Crippen molar-refractivity contribution in [2.45, 2.75) is 39.3 Å². The third kappa shape index (κ3) is 6.26. The lowest BCUT2D eigenvalue weighted by Gasteiger charge is -2.28. The molecule has 0 spiro atoms. The number of nitrogens with two attached hydrogens (primary N) is 1. The molecule has 6 heteroatoms. The minimum Gasteiger partial charge on any atom is -0.465 e. The molecule has 18 heavy (non-hydrogen) atoms. The van der Waals surface area contributed by atoms with E-state index in [0.29, 0.717) is 13.0 Å². The Bertz CT molecular complexity index is 272. The zero-order valence-electron chi connectivity index (χ0n) is 11.6. The van der Waals surface area contributed by atoms with Gasteiger partial charge in [-0.3, -0.25) is 9.59 Å². The van der Waals surface area contributed by atoms with Crippen molar-refractivity contribution in [1.29, 1.82) is 0 Å². The van der Waals surface area contributed by atoms with Gasteiger partial charge in [-0.2, -0.15) is 11.8 Å². The van der Waals surface area contributed by atoms with E-state index in [1.54, 1.807) is 18.7 Å². The fraction of sp³-hybridized carbons (Fsp3) is 0.833. The summed E-state index contributed by atoms with van der Waals surface area (Å²) in [5, 5.41) is 0. The van der Waals surface area contributed by atoms with Gasteiger partial charge in [-0.15, -0.1) is 0 Å². The molecule has 0 bridgehead atoms. The zero-order chi connectivity index (χ0) is 14.1. The van der Waals surface area contributed by atoms with Crippen molar-refractivity contribution in [3.05, 3.63) is 0 Å². The standard InChI is InChI=1S/C12H24N2O3S/c1-5-17-11(15)8-14(9(2)3)12(16)10(13)6-7-18-4/h9-10H,5-8,13H2,1-4H3/t10-/m1/s1. The fourth-order valence-electron chi connectivity index (χ4n) is 1.44. The number of rotatable bonds is 8.